The molecule has 1 aromatic carbocycles. The highest BCUT2D eigenvalue weighted by Gasteiger charge is 1.88. The van der Waals surface area contributed by atoms with E-state index < -0.39 is 0 Å². The Morgan fingerprint density at radius 3 is 2.62 bits per heavy atom. The first-order valence-electron chi connectivity index (χ1n) is 4.31. The molecule has 0 aliphatic rings. The fraction of sp³-hybridized carbons (Fsp3) is 0.273. The smallest absolute Gasteiger partial charge is 0.0721 e. The summed E-state index contributed by atoms with van der Waals surface area (Å²) in [5, 5.41) is 8.44. The molecular formula is C11H14O2. The van der Waals surface area contributed by atoms with Crippen LogP contribution in [0.3, 0.4) is 0 Å². The molecule has 0 aliphatic carbocycles. The molecule has 2 heteroatoms. The molecule has 0 atom stereocenters. The summed E-state index contributed by atoms with van der Waals surface area (Å²) in [5.74, 6) is 0. The van der Waals surface area contributed by atoms with Crippen molar-refractivity contribution in [1.82, 2.24) is 0 Å². The van der Waals surface area contributed by atoms with Gasteiger partial charge >= 0.3 is 0 Å². The minimum Gasteiger partial charge on any atom is -0.392 e. The highest BCUT2D eigenvalue weighted by atomic mass is 16.5. The number of rotatable bonds is 5. The van der Waals surface area contributed by atoms with E-state index in [2.05, 4.69) is 0 Å². The third kappa shape index (κ3) is 4.45. The Kier molecular flexibility index (Phi) is 4.91. The molecular weight excluding hydrogens is 165 g/mol. The molecule has 0 amide bonds. The van der Waals surface area contributed by atoms with Crippen molar-refractivity contribution in [1.29, 1.82) is 0 Å². The van der Waals surface area contributed by atoms with Gasteiger partial charge in [0.1, 0.15) is 0 Å². The summed E-state index contributed by atoms with van der Waals surface area (Å²) in [5.41, 5.74) is 1.17. The Morgan fingerprint density at radius 1 is 1.15 bits per heavy atom. The largest absolute Gasteiger partial charge is 0.392 e. The van der Waals surface area contributed by atoms with Crippen LogP contribution in [0.15, 0.2) is 42.5 Å². The van der Waals surface area contributed by atoms with Crippen LogP contribution in [0.2, 0.25) is 0 Å². The quantitative estimate of drug-likeness (QED) is 0.424. The molecule has 1 aromatic rings. The van der Waals surface area contributed by atoms with Crippen LogP contribution in [-0.4, -0.2) is 18.3 Å². The average molecular weight is 179 g/mol. The first-order chi connectivity index (χ1) is 6.43. The molecule has 0 aliphatic heterocycles. The van der Waals surface area contributed by atoms with Crippen molar-refractivity contribution in [2.45, 2.75) is 6.61 Å². The predicted octanol–water partition coefficient (Wildman–Crippen LogP) is 1.75. The lowest BCUT2D eigenvalue weighted by Gasteiger charge is -2.00. The van der Waals surface area contributed by atoms with Gasteiger partial charge < -0.3 is 9.84 Å². The molecule has 2 nitrogen and oxygen atoms in total. The van der Waals surface area contributed by atoms with Gasteiger partial charge in [-0.3, -0.25) is 0 Å². The number of benzene rings is 1. The standard InChI is InChI=1S/C11H14O2/c12-8-4-5-9-13-10-11-6-2-1-3-7-11/h1-7,12H,8-10H2/b5-4+/i8+1. The van der Waals surface area contributed by atoms with Crippen LogP contribution in [0.5, 0.6) is 0 Å². The summed E-state index contributed by atoms with van der Waals surface area (Å²) < 4.78 is 5.32. The fourth-order valence-electron chi connectivity index (χ4n) is 0.962. The lowest BCUT2D eigenvalue weighted by molar-refractivity contribution is 0.148. The molecule has 13 heavy (non-hydrogen) atoms. The summed E-state index contributed by atoms with van der Waals surface area (Å²) in [7, 11) is 0. The zero-order chi connectivity index (χ0) is 9.36. The number of aliphatic hydroxyl groups excluding tert-OH is 1. The molecule has 0 unspecified atom stereocenters. The summed E-state index contributed by atoms with van der Waals surface area (Å²) in [6.45, 7) is 1.25. The third-order valence-electron chi connectivity index (χ3n) is 1.60. The van der Waals surface area contributed by atoms with Crippen LogP contribution in [0, 0.1) is 0 Å². The second kappa shape index (κ2) is 6.40. The van der Waals surface area contributed by atoms with Crippen LogP contribution >= 0.6 is 0 Å². The van der Waals surface area contributed by atoms with Gasteiger partial charge in [-0.25, -0.2) is 0 Å². The van der Waals surface area contributed by atoms with Gasteiger partial charge in [-0.1, -0.05) is 42.5 Å². The second-order valence-electron chi connectivity index (χ2n) is 2.65. The number of ether oxygens (including phenoxy) is 1. The highest BCUT2D eigenvalue weighted by molar-refractivity contribution is 5.13. The Balaban J connectivity index is 2.17. The molecule has 0 saturated heterocycles. The van der Waals surface area contributed by atoms with Gasteiger partial charge in [-0.15, -0.1) is 0 Å². The predicted molar refractivity (Wildman–Crippen MR) is 52.3 cm³/mol. The Labute approximate surface area is 78.5 Å². The Morgan fingerprint density at radius 2 is 1.92 bits per heavy atom. The molecule has 0 heterocycles. The minimum absolute atomic E-state index is 0.0781. The molecule has 0 bridgehead atoms. The van der Waals surface area contributed by atoms with E-state index in [9.17, 15) is 0 Å². The van der Waals surface area contributed by atoms with Crippen molar-refractivity contribution in [3.63, 3.8) is 0 Å². The maximum absolute atomic E-state index is 8.44. The maximum Gasteiger partial charge on any atom is 0.0721 e. The van der Waals surface area contributed by atoms with Gasteiger partial charge in [0.2, 0.25) is 0 Å². The van der Waals surface area contributed by atoms with Crippen molar-refractivity contribution >= 4 is 0 Å². The highest BCUT2D eigenvalue weighted by Crippen LogP contribution is 1.99. The van der Waals surface area contributed by atoms with Crippen LogP contribution in [0.4, 0.5) is 0 Å². The van der Waals surface area contributed by atoms with E-state index in [0.29, 0.717) is 13.2 Å². The van der Waals surface area contributed by atoms with Crippen molar-refractivity contribution in [3.05, 3.63) is 48.0 Å². The van der Waals surface area contributed by atoms with Gasteiger partial charge in [0.15, 0.2) is 0 Å². The van der Waals surface area contributed by atoms with E-state index >= 15 is 0 Å². The average Bonchev–Trinajstić information content (AvgIpc) is 2.19. The summed E-state index contributed by atoms with van der Waals surface area (Å²) >= 11 is 0. The van der Waals surface area contributed by atoms with Crippen molar-refractivity contribution < 1.29 is 9.84 Å². The van der Waals surface area contributed by atoms with E-state index in [-0.39, 0.29) is 6.61 Å². The molecule has 0 radical (unpaired) electrons. The molecule has 70 valence electrons. The van der Waals surface area contributed by atoms with Crippen LogP contribution in [-0.2, 0) is 11.3 Å². The van der Waals surface area contributed by atoms with Gasteiger partial charge in [0.05, 0.1) is 19.8 Å². The van der Waals surface area contributed by atoms with Crippen LogP contribution in [0.25, 0.3) is 0 Å². The SMILES string of the molecule is O[13CH2]/C=C/COCc1ccccc1. The van der Waals surface area contributed by atoms with Gasteiger partial charge in [-0.05, 0) is 5.56 Å². The minimum atomic E-state index is 0.0781. The maximum atomic E-state index is 8.44. The zero-order valence-electron chi connectivity index (χ0n) is 7.52. The number of aliphatic hydroxyl groups is 1. The van der Waals surface area contributed by atoms with E-state index in [1.807, 2.05) is 36.4 Å². The van der Waals surface area contributed by atoms with Crippen LogP contribution in [0.1, 0.15) is 5.56 Å². The third-order valence-corrected chi connectivity index (χ3v) is 1.60. The normalized spacial score (nSPS) is 10.8. The van der Waals surface area contributed by atoms with Gasteiger partial charge in [-0.2, -0.15) is 0 Å². The fourth-order valence-corrected chi connectivity index (χ4v) is 0.962. The molecule has 0 fully saturated rings. The van der Waals surface area contributed by atoms with Crippen LogP contribution < -0.4 is 0 Å². The topological polar surface area (TPSA) is 29.5 Å². The molecule has 0 saturated carbocycles. The second-order valence-corrected chi connectivity index (χ2v) is 2.65. The first-order valence-corrected chi connectivity index (χ1v) is 4.31. The van der Waals surface area contributed by atoms with Crippen molar-refractivity contribution in [3.8, 4) is 0 Å². The molecule has 1 rings (SSSR count). The molecule has 1 N–H and O–H groups in total. The van der Waals surface area contributed by atoms with Gasteiger partial charge in [0.25, 0.3) is 0 Å². The van der Waals surface area contributed by atoms with E-state index in [1.165, 1.54) is 5.56 Å². The van der Waals surface area contributed by atoms with Crippen molar-refractivity contribution in [2.24, 2.45) is 0 Å². The monoisotopic (exact) mass is 179 g/mol. The molecule has 0 aromatic heterocycles. The summed E-state index contributed by atoms with van der Waals surface area (Å²) in [6.07, 6.45) is 3.48. The first kappa shape index (κ1) is 9.96. The number of hydrogen-bond donors (Lipinski definition) is 1. The lowest BCUT2D eigenvalue weighted by atomic mass is 10.2. The Bertz CT molecular complexity index is 242. The summed E-state index contributed by atoms with van der Waals surface area (Å²) in [6, 6.07) is 10.0. The zero-order valence-corrected chi connectivity index (χ0v) is 7.52. The molecule has 0 spiro atoms. The number of hydrogen-bond acceptors (Lipinski definition) is 2. The lowest BCUT2D eigenvalue weighted by Crippen LogP contribution is -1.92. The summed E-state index contributed by atoms with van der Waals surface area (Å²) in [4.78, 5) is 0. The Hall–Kier alpha value is -1.12. The van der Waals surface area contributed by atoms with E-state index in [4.69, 9.17) is 9.84 Å². The van der Waals surface area contributed by atoms with E-state index in [1.54, 1.807) is 6.08 Å². The van der Waals surface area contributed by atoms with E-state index in [0.717, 1.165) is 0 Å². The van der Waals surface area contributed by atoms with Crippen molar-refractivity contribution in [2.75, 3.05) is 13.2 Å². The van der Waals surface area contributed by atoms with Gasteiger partial charge in [0, 0.05) is 0 Å².